The first-order valence-corrected chi connectivity index (χ1v) is 9.77. The lowest BCUT2D eigenvalue weighted by molar-refractivity contribution is 0.192. The number of carbonyl (C=O) groups is 1. The van der Waals surface area contributed by atoms with E-state index in [1.165, 1.54) is 32.4 Å². The van der Waals surface area contributed by atoms with Gasteiger partial charge in [-0.3, -0.25) is 0 Å². The molecule has 2 aromatic rings. The van der Waals surface area contributed by atoms with Crippen LogP contribution in [0, 0.1) is 5.92 Å². The van der Waals surface area contributed by atoms with Gasteiger partial charge < -0.3 is 15.1 Å². The number of anilines is 1. The van der Waals surface area contributed by atoms with Crippen LogP contribution in [0.15, 0.2) is 23.7 Å². The molecule has 24 heavy (non-hydrogen) atoms. The molecule has 0 unspecified atom stereocenters. The van der Waals surface area contributed by atoms with E-state index < -0.39 is 0 Å². The van der Waals surface area contributed by atoms with Gasteiger partial charge in [-0.1, -0.05) is 6.42 Å². The van der Waals surface area contributed by atoms with Crippen LogP contribution in [0.25, 0.3) is 10.2 Å². The van der Waals surface area contributed by atoms with Gasteiger partial charge in [-0.25, -0.2) is 9.78 Å². The first-order chi connectivity index (χ1) is 11.8. The Hall–Kier alpha value is -1.66. The molecule has 2 fully saturated rings. The van der Waals surface area contributed by atoms with Crippen molar-refractivity contribution in [2.45, 2.75) is 25.7 Å². The molecule has 6 heteroatoms. The van der Waals surface area contributed by atoms with Gasteiger partial charge >= 0.3 is 6.03 Å². The van der Waals surface area contributed by atoms with Gasteiger partial charge in [-0.15, -0.1) is 11.3 Å². The number of piperidine rings is 1. The smallest absolute Gasteiger partial charge is 0.321 e. The zero-order chi connectivity index (χ0) is 16.4. The van der Waals surface area contributed by atoms with Crippen LogP contribution < -0.4 is 5.32 Å². The van der Waals surface area contributed by atoms with E-state index in [1.807, 2.05) is 28.6 Å². The minimum absolute atomic E-state index is 0.0278. The monoisotopic (exact) mass is 344 g/mol. The fraction of sp³-hybridized carbons (Fsp3) is 0.556. The standard InChI is InChI=1S/C18H24N4OS/c23-18(20-15-4-5-16-17(10-15)24-13-19-16)22-9-6-14(12-22)11-21-7-2-1-3-8-21/h4-5,10,13-14H,1-3,6-9,11-12H2,(H,20,23)/t14-/m0/s1. The van der Waals surface area contributed by atoms with Gasteiger partial charge in [0.1, 0.15) is 0 Å². The van der Waals surface area contributed by atoms with Crippen LogP contribution in [0.3, 0.4) is 0 Å². The number of aromatic nitrogens is 1. The highest BCUT2D eigenvalue weighted by Crippen LogP contribution is 2.24. The number of nitrogens with one attached hydrogen (secondary N) is 1. The highest BCUT2D eigenvalue weighted by Gasteiger charge is 2.28. The van der Waals surface area contributed by atoms with Crippen molar-refractivity contribution in [3.63, 3.8) is 0 Å². The second-order valence-electron chi connectivity index (χ2n) is 6.93. The Kier molecular flexibility index (Phi) is 4.67. The number of rotatable bonds is 3. The zero-order valence-corrected chi connectivity index (χ0v) is 14.7. The van der Waals surface area contributed by atoms with Crippen LogP contribution in [-0.2, 0) is 0 Å². The summed E-state index contributed by atoms with van der Waals surface area (Å²) < 4.78 is 1.11. The van der Waals surface area contributed by atoms with Crippen LogP contribution in [-0.4, -0.2) is 53.5 Å². The van der Waals surface area contributed by atoms with Gasteiger partial charge in [-0.05, 0) is 56.5 Å². The third-order valence-electron chi connectivity index (χ3n) is 5.12. The summed E-state index contributed by atoms with van der Waals surface area (Å²) >= 11 is 1.60. The van der Waals surface area contributed by atoms with E-state index in [0.29, 0.717) is 5.92 Å². The lowest BCUT2D eigenvalue weighted by Gasteiger charge is -2.29. The lowest BCUT2D eigenvalue weighted by atomic mass is 10.1. The van der Waals surface area contributed by atoms with Crippen LogP contribution in [0.5, 0.6) is 0 Å². The maximum absolute atomic E-state index is 12.5. The summed E-state index contributed by atoms with van der Waals surface area (Å²) in [6, 6.07) is 5.93. The Morgan fingerprint density at radius 2 is 2.12 bits per heavy atom. The number of hydrogen-bond donors (Lipinski definition) is 1. The summed E-state index contributed by atoms with van der Waals surface area (Å²) in [5, 5.41) is 3.04. The first-order valence-electron chi connectivity index (χ1n) is 8.89. The highest BCUT2D eigenvalue weighted by molar-refractivity contribution is 7.16. The predicted octanol–water partition coefficient (Wildman–Crippen LogP) is 3.64. The Bertz CT molecular complexity index is 710. The summed E-state index contributed by atoms with van der Waals surface area (Å²) in [4.78, 5) is 21.3. The normalized spacial score (nSPS) is 22.2. The number of benzene rings is 1. The first kappa shape index (κ1) is 15.8. The third kappa shape index (κ3) is 3.54. The van der Waals surface area contributed by atoms with Crippen molar-refractivity contribution >= 4 is 33.3 Å². The molecule has 0 spiro atoms. The van der Waals surface area contributed by atoms with Gasteiger partial charge in [0.15, 0.2) is 0 Å². The maximum atomic E-state index is 12.5. The Labute approximate surface area is 146 Å². The topological polar surface area (TPSA) is 48.5 Å². The molecule has 1 N–H and O–H groups in total. The molecule has 0 saturated carbocycles. The molecule has 0 aliphatic carbocycles. The number of fused-ring (bicyclic) bond motifs is 1. The highest BCUT2D eigenvalue weighted by atomic mass is 32.1. The van der Waals surface area contributed by atoms with Gasteiger partial charge in [0.05, 0.1) is 15.7 Å². The lowest BCUT2D eigenvalue weighted by Crippen LogP contribution is -2.37. The summed E-state index contributed by atoms with van der Waals surface area (Å²) in [5.41, 5.74) is 3.68. The number of hydrogen-bond acceptors (Lipinski definition) is 4. The summed E-state index contributed by atoms with van der Waals surface area (Å²) in [5.74, 6) is 0.623. The molecule has 5 nitrogen and oxygen atoms in total. The molecule has 2 amide bonds. The van der Waals surface area contributed by atoms with E-state index in [-0.39, 0.29) is 6.03 Å². The van der Waals surface area contributed by atoms with E-state index in [1.54, 1.807) is 11.3 Å². The molecule has 4 rings (SSSR count). The maximum Gasteiger partial charge on any atom is 0.321 e. The quantitative estimate of drug-likeness (QED) is 0.925. The van der Waals surface area contributed by atoms with Crippen LogP contribution in [0.4, 0.5) is 10.5 Å². The zero-order valence-electron chi connectivity index (χ0n) is 13.9. The van der Waals surface area contributed by atoms with Crippen molar-refractivity contribution in [1.82, 2.24) is 14.8 Å². The molecule has 2 aliphatic heterocycles. The van der Waals surface area contributed by atoms with Crippen molar-refractivity contribution in [1.29, 1.82) is 0 Å². The second kappa shape index (κ2) is 7.07. The van der Waals surface area contributed by atoms with Gasteiger partial charge in [-0.2, -0.15) is 0 Å². The Morgan fingerprint density at radius 3 is 3.00 bits per heavy atom. The molecular weight excluding hydrogens is 320 g/mol. The predicted molar refractivity (Wildman–Crippen MR) is 98.6 cm³/mol. The summed E-state index contributed by atoms with van der Waals surface area (Å²) in [6.45, 7) is 5.37. The van der Waals surface area contributed by atoms with Gasteiger partial charge in [0.25, 0.3) is 0 Å². The molecular formula is C18H24N4OS. The van der Waals surface area contributed by atoms with Crippen LogP contribution in [0.1, 0.15) is 25.7 Å². The second-order valence-corrected chi connectivity index (χ2v) is 7.81. The molecule has 2 saturated heterocycles. The fourth-order valence-corrected chi connectivity index (χ4v) is 4.52. The molecule has 1 aromatic heterocycles. The number of nitrogens with zero attached hydrogens (tertiary/aromatic N) is 3. The van der Waals surface area contributed by atoms with Crippen molar-refractivity contribution < 1.29 is 4.79 Å². The number of thiazole rings is 1. The SMILES string of the molecule is O=C(Nc1ccc2ncsc2c1)N1CC[C@@H](CN2CCCCC2)C1. The minimum Gasteiger partial charge on any atom is -0.324 e. The van der Waals surface area contributed by atoms with E-state index >= 15 is 0 Å². The minimum atomic E-state index is 0.0278. The average Bonchev–Trinajstić information content (AvgIpc) is 3.24. The van der Waals surface area contributed by atoms with Crippen molar-refractivity contribution in [3.05, 3.63) is 23.7 Å². The van der Waals surface area contributed by atoms with Crippen molar-refractivity contribution in [2.75, 3.05) is 38.0 Å². The molecule has 3 heterocycles. The number of carbonyl (C=O) groups excluding carboxylic acids is 1. The summed E-state index contributed by atoms with van der Waals surface area (Å²) in [6.07, 6.45) is 5.16. The number of amides is 2. The van der Waals surface area contributed by atoms with E-state index in [0.717, 1.165) is 42.0 Å². The molecule has 1 aromatic carbocycles. The molecule has 2 aliphatic rings. The molecule has 0 bridgehead atoms. The van der Waals surface area contributed by atoms with Gasteiger partial charge in [0, 0.05) is 25.3 Å². The summed E-state index contributed by atoms with van der Waals surface area (Å²) in [7, 11) is 0. The number of urea groups is 1. The number of likely N-dealkylation sites (tertiary alicyclic amines) is 2. The third-order valence-corrected chi connectivity index (χ3v) is 5.91. The van der Waals surface area contributed by atoms with E-state index in [9.17, 15) is 4.79 Å². The van der Waals surface area contributed by atoms with E-state index in [2.05, 4.69) is 15.2 Å². The average molecular weight is 344 g/mol. The fourth-order valence-electron chi connectivity index (χ4n) is 3.81. The molecule has 0 radical (unpaired) electrons. The van der Waals surface area contributed by atoms with Crippen molar-refractivity contribution in [2.24, 2.45) is 5.92 Å². The van der Waals surface area contributed by atoms with Crippen LogP contribution >= 0.6 is 11.3 Å². The van der Waals surface area contributed by atoms with Crippen molar-refractivity contribution in [3.8, 4) is 0 Å². The van der Waals surface area contributed by atoms with Crippen LogP contribution in [0.2, 0.25) is 0 Å². The molecule has 1 atom stereocenters. The largest absolute Gasteiger partial charge is 0.324 e. The Balaban J connectivity index is 1.31. The Morgan fingerprint density at radius 1 is 1.25 bits per heavy atom. The van der Waals surface area contributed by atoms with E-state index in [4.69, 9.17) is 0 Å². The van der Waals surface area contributed by atoms with Gasteiger partial charge in [0.2, 0.25) is 0 Å². The molecule has 128 valence electrons.